The van der Waals surface area contributed by atoms with Crippen molar-refractivity contribution >= 4 is 23.5 Å². The Kier molecular flexibility index (Phi) is 5.91. The molecule has 2 N–H and O–H groups in total. The van der Waals surface area contributed by atoms with E-state index in [1.54, 1.807) is 0 Å². The summed E-state index contributed by atoms with van der Waals surface area (Å²) in [4.78, 5) is 48.1. The van der Waals surface area contributed by atoms with Gasteiger partial charge >= 0.3 is 6.03 Å². The average Bonchev–Trinajstić information content (AvgIpc) is 2.91. The summed E-state index contributed by atoms with van der Waals surface area (Å²) in [6.07, 6.45) is 4.82. The van der Waals surface area contributed by atoms with Crippen molar-refractivity contribution in [2.45, 2.75) is 45.1 Å². The summed E-state index contributed by atoms with van der Waals surface area (Å²) in [6.45, 7) is 2.59. The van der Waals surface area contributed by atoms with Crippen LogP contribution in [0.2, 0.25) is 0 Å². The number of rotatable bonds is 6. The van der Waals surface area contributed by atoms with Crippen LogP contribution in [0.25, 0.3) is 0 Å². The van der Waals surface area contributed by atoms with Crippen LogP contribution >= 0.6 is 0 Å². The van der Waals surface area contributed by atoms with Crippen LogP contribution in [0.5, 0.6) is 0 Å². The summed E-state index contributed by atoms with van der Waals surface area (Å²) >= 11 is 0. The van der Waals surface area contributed by atoms with Crippen molar-refractivity contribution in [2.24, 2.45) is 5.92 Å². The van der Waals surface area contributed by atoms with Crippen LogP contribution in [-0.4, -0.2) is 46.8 Å². The maximum atomic E-state index is 12.4. The number of nitro groups is 1. The number of hydrogen-bond donors (Lipinski definition) is 2. The largest absolute Gasteiger partial charge is 0.338 e. The molecular formula is C19H24N4O5. The van der Waals surface area contributed by atoms with E-state index < -0.39 is 16.7 Å². The molecule has 1 saturated carbocycles. The molecule has 1 aromatic rings. The fraction of sp³-hybridized carbons (Fsp3) is 0.526. The SMILES string of the molecule is CC1CCCCC1NC(=O)NCCCN1C(=O)c2ccc([N+](=O)[O-])cc2C1=O. The predicted octanol–water partition coefficient (Wildman–Crippen LogP) is 2.46. The molecule has 0 spiro atoms. The highest BCUT2D eigenvalue weighted by Crippen LogP contribution is 2.27. The van der Waals surface area contributed by atoms with E-state index in [0.717, 1.165) is 30.2 Å². The summed E-state index contributed by atoms with van der Waals surface area (Å²) in [6, 6.07) is 3.60. The minimum Gasteiger partial charge on any atom is -0.338 e. The smallest absolute Gasteiger partial charge is 0.315 e. The van der Waals surface area contributed by atoms with Crippen molar-refractivity contribution in [3.8, 4) is 0 Å². The first-order chi connectivity index (χ1) is 13.4. The van der Waals surface area contributed by atoms with Crippen molar-refractivity contribution < 1.29 is 19.3 Å². The van der Waals surface area contributed by atoms with Gasteiger partial charge in [0.05, 0.1) is 16.1 Å². The van der Waals surface area contributed by atoms with E-state index in [1.807, 2.05) is 0 Å². The molecule has 9 heteroatoms. The molecular weight excluding hydrogens is 364 g/mol. The number of non-ortho nitro benzene ring substituents is 1. The zero-order valence-corrected chi connectivity index (χ0v) is 15.8. The van der Waals surface area contributed by atoms with Crippen LogP contribution in [0.1, 0.15) is 59.7 Å². The molecule has 0 saturated heterocycles. The second-order valence-corrected chi connectivity index (χ2v) is 7.37. The Hall–Kier alpha value is -2.97. The van der Waals surface area contributed by atoms with Gasteiger partial charge in [-0.3, -0.25) is 24.6 Å². The van der Waals surface area contributed by atoms with Gasteiger partial charge in [-0.05, 0) is 31.2 Å². The quantitative estimate of drug-likeness (QED) is 0.335. The zero-order valence-electron chi connectivity index (χ0n) is 15.8. The molecule has 0 radical (unpaired) electrons. The van der Waals surface area contributed by atoms with Crippen molar-refractivity contribution in [3.05, 3.63) is 39.4 Å². The van der Waals surface area contributed by atoms with E-state index in [2.05, 4.69) is 17.6 Å². The van der Waals surface area contributed by atoms with Crippen LogP contribution in [0.3, 0.4) is 0 Å². The molecule has 0 aromatic heterocycles. The van der Waals surface area contributed by atoms with Crippen molar-refractivity contribution in [3.63, 3.8) is 0 Å². The van der Waals surface area contributed by atoms with Crippen molar-refractivity contribution in [1.29, 1.82) is 0 Å². The van der Waals surface area contributed by atoms with Crippen LogP contribution in [0.15, 0.2) is 18.2 Å². The van der Waals surface area contributed by atoms with E-state index >= 15 is 0 Å². The van der Waals surface area contributed by atoms with Gasteiger partial charge in [-0.1, -0.05) is 19.8 Å². The summed E-state index contributed by atoms with van der Waals surface area (Å²) in [5.41, 5.74) is 0.000746. The van der Waals surface area contributed by atoms with E-state index in [0.29, 0.717) is 18.9 Å². The average molecular weight is 388 g/mol. The van der Waals surface area contributed by atoms with Crippen molar-refractivity contribution in [1.82, 2.24) is 15.5 Å². The summed E-state index contributed by atoms with van der Waals surface area (Å²) < 4.78 is 0. The molecule has 1 aliphatic carbocycles. The molecule has 1 heterocycles. The highest BCUT2D eigenvalue weighted by Gasteiger charge is 2.36. The molecule has 4 amide bonds. The second-order valence-electron chi connectivity index (χ2n) is 7.37. The first kappa shape index (κ1) is 19.8. The fourth-order valence-corrected chi connectivity index (χ4v) is 3.78. The number of nitro benzene ring substituents is 1. The number of carbonyl (C=O) groups is 3. The highest BCUT2D eigenvalue weighted by molar-refractivity contribution is 6.21. The van der Waals surface area contributed by atoms with Crippen LogP contribution < -0.4 is 10.6 Å². The van der Waals surface area contributed by atoms with Gasteiger partial charge < -0.3 is 10.6 Å². The Bertz CT molecular complexity index is 810. The lowest BCUT2D eigenvalue weighted by Crippen LogP contribution is -2.46. The van der Waals surface area contributed by atoms with Gasteiger partial charge in [0.1, 0.15) is 0 Å². The molecule has 28 heavy (non-hydrogen) atoms. The van der Waals surface area contributed by atoms with E-state index in [9.17, 15) is 24.5 Å². The van der Waals surface area contributed by atoms with Gasteiger partial charge in [-0.2, -0.15) is 0 Å². The monoisotopic (exact) mass is 388 g/mol. The zero-order chi connectivity index (χ0) is 20.3. The minimum atomic E-state index is -0.601. The van der Waals surface area contributed by atoms with Gasteiger partial charge in [0.15, 0.2) is 0 Å². The molecule has 150 valence electrons. The highest BCUT2D eigenvalue weighted by atomic mass is 16.6. The third-order valence-corrected chi connectivity index (χ3v) is 5.44. The number of nitrogens with one attached hydrogen (secondary N) is 2. The van der Waals surface area contributed by atoms with Gasteiger partial charge in [0, 0.05) is 31.3 Å². The third kappa shape index (κ3) is 4.13. The Balaban J connectivity index is 1.47. The van der Waals surface area contributed by atoms with E-state index in [4.69, 9.17) is 0 Å². The number of benzene rings is 1. The minimum absolute atomic E-state index is 0.0520. The lowest BCUT2D eigenvalue weighted by atomic mass is 9.86. The summed E-state index contributed by atoms with van der Waals surface area (Å²) in [5.74, 6) is -0.540. The van der Waals surface area contributed by atoms with Gasteiger partial charge in [0.2, 0.25) is 0 Å². The predicted molar refractivity (Wildman–Crippen MR) is 101 cm³/mol. The van der Waals surface area contributed by atoms with E-state index in [1.165, 1.54) is 18.6 Å². The molecule has 2 atom stereocenters. The third-order valence-electron chi connectivity index (χ3n) is 5.44. The number of fused-ring (bicyclic) bond motifs is 1. The lowest BCUT2D eigenvalue weighted by molar-refractivity contribution is -0.384. The summed E-state index contributed by atoms with van der Waals surface area (Å²) in [5, 5.41) is 16.6. The Morgan fingerprint density at radius 3 is 2.64 bits per heavy atom. The number of carbonyl (C=O) groups excluding carboxylic acids is 3. The van der Waals surface area contributed by atoms with Crippen molar-refractivity contribution in [2.75, 3.05) is 13.1 Å². The maximum Gasteiger partial charge on any atom is 0.315 e. The number of imide groups is 1. The maximum absolute atomic E-state index is 12.4. The Labute approximate surface area is 162 Å². The molecule has 9 nitrogen and oxygen atoms in total. The van der Waals surface area contributed by atoms with Crippen LogP contribution in [-0.2, 0) is 0 Å². The first-order valence-corrected chi connectivity index (χ1v) is 9.57. The Morgan fingerprint density at radius 2 is 1.93 bits per heavy atom. The van der Waals surface area contributed by atoms with E-state index in [-0.39, 0.29) is 35.4 Å². The van der Waals surface area contributed by atoms with Gasteiger partial charge in [0.25, 0.3) is 17.5 Å². The number of hydrogen-bond acceptors (Lipinski definition) is 5. The molecule has 1 aromatic carbocycles. The number of nitrogens with zero attached hydrogens (tertiary/aromatic N) is 2. The van der Waals surface area contributed by atoms with Crippen LogP contribution in [0, 0.1) is 16.0 Å². The molecule has 2 unspecified atom stereocenters. The molecule has 1 aliphatic heterocycles. The summed E-state index contributed by atoms with van der Waals surface area (Å²) in [7, 11) is 0. The fourth-order valence-electron chi connectivity index (χ4n) is 3.78. The topological polar surface area (TPSA) is 122 Å². The van der Waals surface area contributed by atoms with Gasteiger partial charge in [-0.15, -0.1) is 0 Å². The molecule has 0 bridgehead atoms. The standard InChI is InChI=1S/C19H24N4O5/c1-12-5-2-3-6-16(12)21-19(26)20-9-4-10-22-17(24)14-8-7-13(23(27)28)11-15(14)18(22)25/h7-8,11-12,16H,2-6,9-10H2,1H3,(H2,20,21,26). The second kappa shape index (κ2) is 8.37. The lowest BCUT2D eigenvalue weighted by Gasteiger charge is -2.29. The first-order valence-electron chi connectivity index (χ1n) is 9.57. The molecule has 2 aliphatic rings. The van der Waals surface area contributed by atoms with Crippen LogP contribution in [0.4, 0.5) is 10.5 Å². The van der Waals surface area contributed by atoms with Gasteiger partial charge in [-0.25, -0.2) is 4.79 Å². The molecule has 1 fully saturated rings. The molecule has 3 rings (SSSR count). The Morgan fingerprint density at radius 1 is 1.21 bits per heavy atom. The normalized spacial score (nSPS) is 21.4. The number of urea groups is 1. The number of amides is 4.